The van der Waals surface area contributed by atoms with Crippen molar-refractivity contribution in [3.05, 3.63) is 70.3 Å². The summed E-state index contributed by atoms with van der Waals surface area (Å²) in [6.45, 7) is 0. The molecule has 2 aromatic carbocycles. The van der Waals surface area contributed by atoms with Crippen LogP contribution in [-0.2, 0) is 4.79 Å². The maximum atomic E-state index is 11.9. The molecule has 0 fully saturated rings. The van der Waals surface area contributed by atoms with Gasteiger partial charge in [-0.25, -0.2) is 5.43 Å². The van der Waals surface area contributed by atoms with E-state index in [2.05, 4.69) is 26.1 Å². The number of nitrogens with zero attached hydrogens (tertiary/aromatic N) is 6. The van der Waals surface area contributed by atoms with E-state index in [-0.39, 0.29) is 17.3 Å². The van der Waals surface area contributed by atoms with Crippen LogP contribution >= 0.6 is 11.8 Å². The summed E-state index contributed by atoms with van der Waals surface area (Å²) in [6, 6.07) is 15.1. The zero-order chi connectivity index (χ0) is 19.1. The van der Waals surface area contributed by atoms with Gasteiger partial charge in [0.2, 0.25) is 5.16 Å². The number of carbonyl (C=O) groups is 1. The number of benzene rings is 2. The van der Waals surface area contributed by atoms with Gasteiger partial charge in [-0.2, -0.15) is 9.78 Å². The van der Waals surface area contributed by atoms with Crippen LogP contribution in [0, 0.1) is 10.1 Å². The van der Waals surface area contributed by atoms with Gasteiger partial charge in [0.1, 0.15) is 0 Å². The van der Waals surface area contributed by atoms with Crippen LogP contribution in [0.15, 0.2) is 64.9 Å². The van der Waals surface area contributed by atoms with Crippen molar-refractivity contribution >= 4 is 29.6 Å². The number of non-ortho nitro benzene ring substituents is 1. The molecule has 136 valence electrons. The van der Waals surface area contributed by atoms with E-state index in [1.165, 1.54) is 46.9 Å². The standard InChI is InChI=1S/C16H13N7O3S/c24-15(18-17-10-12-6-8-14(9-7-12)23(25)26)11-27-16-19-20-21-22(16)13-4-2-1-3-5-13/h1-10H,11H2,(H,18,24)/b17-10+. The summed E-state index contributed by atoms with van der Waals surface area (Å²) in [6.07, 6.45) is 1.40. The van der Waals surface area contributed by atoms with Gasteiger partial charge in [-0.3, -0.25) is 14.9 Å². The Labute approximate surface area is 157 Å². The summed E-state index contributed by atoms with van der Waals surface area (Å²) in [4.78, 5) is 22.0. The molecule has 0 spiro atoms. The molecule has 0 atom stereocenters. The van der Waals surface area contributed by atoms with Gasteiger partial charge in [0.15, 0.2) is 0 Å². The second-order valence-corrected chi connectivity index (χ2v) is 6.08. The third-order valence-electron chi connectivity index (χ3n) is 3.28. The van der Waals surface area contributed by atoms with E-state index in [9.17, 15) is 14.9 Å². The van der Waals surface area contributed by atoms with Crippen molar-refractivity contribution in [3.63, 3.8) is 0 Å². The van der Waals surface area contributed by atoms with Crippen molar-refractivity contribution in [1.82, 2.24) is 25.6 Å². The number of aromatic nitrogens is 4. The molecule has 11 heteroatoms. The number of tetrazole rings is 1. The number of rotatable bonds is 7. The maximum absolute atomic E-state index is 11.9. The van der Waals surface area contributed by atoms with E-state index >= 15 is 0 Å². The molecule has 0 radical (unpaired) electrons. The molecule has 0 saturated carbocycles. The van der Waals surface area contributed by atoms with Crippen LogP contribution in [0.2, 0.25) is 0 Å². The fourth-order valence-electron chi connectivity index (χ4n) is 2.02. The number of thioether (sulfide) groups is 1. The van der Waals surface area contributed by atoms with Crippen molar-refractivity contribution in [2.45, 2.75) is 5.16 Å². The number of nitro groups is 1. The topological polar surface area (TPSA) is 128 Å². The summed E-state index contributed by atoms with van der Waals surface area (Å²) >= 11 is 1.17. The molecular formula is C16H13N7O3S. The molecule has 0 aliphatic heterocycles. The molecule has 0 aliphatic rings. The van der Waals surface area contributed by atoms with E-state index in [0.717, 1.165) is 5.69 Å². The predicted octanol–water partition coefficient (Wildman–Crippen LogP) is 1.81. The molecule has 27 heavy (non-hydrogen) atoms. The van der Waals surface area contributed by atoms with Crippen LogP contribution in [0.3, 0.4) is 0 Å². The van der Waals surface area contributed by atoms with Crippen LogP contribution < -0.4 is 5.43 Å². The van der Waals surface area contributed by atoms with Crippen LogP contribution in [0.25, 0.3) is 5.69 Å². The van der Waals surface area contributed by atoms with E-state index in [4.69, 9.17) is 0 Å². The number of hydrazone groups is 1. The monoisotopic (exact) mass is 383 g/mol. The third-order valence-corrected chi connectivity index (χ3v) is 4.20. The quantitative estimate of drug-likeness (QED) is 0.285. The largest absolute Gasteiger partial charge is 0.272 e. The highest BCUT2D eigenvalue weighted by Crippen LogP contribution is 2.17. The molecule has 0 saturated heterocycles. The van der Waals surface area contributed by atoms with Crippen LogP contribution in [0.5, 0.6) is 0 Å². The first-order valence-electron chi connectivity index (χ1n) is 7.66. The molecule has 3 rings (SSSR count). The third kappa shape index (κ3) is 4.95. The lowest BCUT2D eigenvalue weighted by atomic mass is 10.2. The summed E-state index contributed by atoms with van der Waals surface area (Å²) in [5, 5.41) is 26.4. The van der Waals surface area contributed by atoms with Crippen molar-refractivity contribution in [2.24, 2.45) is 5.10 Å². The Balaban J connectivity index is 1.52. The smallest absolute Gasteiger partial charge is 0.269 e. The van der Waals surface area contributed by atoms with Crippen molar-refractivity contribution in [2.75, 3.05) is 5.75 Å². The van der Waals surface area contributed by atoms with Crippen molar-refractivity contribution in [3.8, 4) is 5.69 Å². The molecule has 1 amide bonds. The second kappa shape index (κ2) is 8.67. The number of nitro benzene ring substituents is 1. The number of hydrogen-bond donors (Lipinski definition) is 1. The SMILES string of the molecule is O=C(CSc1nnnn1-c1ccccc1)N/N=C/c1ccc([N+](=O)[O-])cc1. The van der Waals surface area contributed by atoms with Crippen LogP contribution in [0.4, 0.5) is 5.69 Å². The molecule has 1 aromatic heterocycles. The van der Waals surface area contributed by atoms with Gasteiger partial charge in [-0.05, 0) is 40.3 Å². The number of carbonyl (C=O) groups excluding carboxylic acids is 1. The maximum Gasteiger partial charge on any atom is 0.269 e. The zero-order valence-electron chi connectivity index (χ0n) is 13.8. The highest BCUT2D eigenvalue weighted by atomic mass is 32.2. The predicted molar refractivity (Wildman–Crippen MR) is 98.7 cm³/mol. The number of hydrogen-bond acceptors (Lipinski definition) is 8. The van der Waals surface area contributed by atoms with E-state index in [1.54, 1.807) is 0 Å². The Morgan fingerprint density at radius 1 is 1.22 bits per heavy atom. The highest BCUT2D eigenvalue weighted by molar-refractivity contribution is 7.99. The Kier molecular flexibility index (Phi) is 5.84. The molecule has 1 N–H and O–H groups in total. The average Bonchev–Trinajstić information content (AvgIpc) is 3.16. The minimum absolute atomic E-state index is 0.0104. The van der Waals surface area contributed by atoms with Crippen molar-refractivity contribution in [1.29, 1.82) is 0 Å². The number of para-hydroxylation sites is 1. The average molecular weight is 383 g/mol. The van der Waals surface area contributed by atoms with Crippen LogP contribution in [-0.4, -0.2) is 43.0 Å². The molecule has 0 unspecified atom stereocenters. The van der Waals surface area contributed by atoms with Gasteiger partial charge >= 0.3 is 0 Å². The van der Waals surface area contributed by atoms with Gasteiger partial charge in [0.05, 0.1) is 22.6 Å². The number of nitrogens with one attached hydrogen (secondary N) is 1. The van der Waals surface area contributed by atoms with Gasteiger partial charge in [-0.1, -0.05) is 30.0 Å². The molecule has 1 heterocycles. The fraction of sp³-hybridized carbons (Fsp3) is 0.0625. The van der Waals surface area contributed by atoms with Gasteiger partial charge < -0.3 is 0 Å². The minimum Gasteiger partial charge on any atom is -0.272 e. The van der Waals surface area contributed by atoms with E-state index in [0.29, 0.717) is 10.7 Å². The Bertz CT molecular complexity index is 958. The first kappa shape index (κ1) is 18.2. The Hall–Kier alpha value is -3.60. The number of amides is 1. The second-order valence-electron chi connectivity index (χ2n) is 5.14. The lowest BCUT2D eigenvalue weighted by molar-refractivity contribution is -0.384. The van der Waals surface area contributed by atoms with Crippen LogP contribution in [0.1, 0.15) is 5.56 Å². The Morgan fingerprint density at radius 2 is 1.96 bits per heavy atom. The zero-order valence-corrected chi connectivity index (χ0v) is 14.6. The van der Waals surface area contributed by atoms with Gasteiger partial charge in [0, 0.05) is 12.1 Å². The van der Waals surface area contributed by atoms with Gasteiger partial charge in [0.25, 0.3) is 11.6 Å². The van der Waals surface area contributed by atoms with E-state index < -0.39 is 4.92 Å². The molecule has 0 aliphatic carbocycles. The Morgan fingerprint density at radius 3 is 2.67 bits per heavy atom. The van der Waals surface area contributed by atoms with Crippen molar-refractivity contribution < 1.29 is 9.72 Å². The summed E-state index contributed by atoms with van der Waals surface area (Å²) in [5.74, 6) is -0.258. The molecular weight excluding hydrogens is 370 g/mol. The first-order valence-corrected chi connectivity index (χ1v) is 8.65. The summed E-state index contributed by atoms with van der Waals surface area (Å²) < 4.78 is 1.54. The first-order chi connectivity index (χ1) is 13.1. The molecule has 0 bridgehead atoms. The molecule has 10 nitrogen and oxygen atoms in total. The molecule has 3 aromatic rings. The van der Waals surface area contributed by atoms with E-state index in [1.807, 2.05) is 30.3 Å². The van der Waals surface area contributed by atoms with Gasteiger partial charge in [-0.15, -0.1) is 5.10 Å². The lowest BCUT2D eigenvalue weighted by Crippen LogP contribution is -2.20. The summed E-state index contributed by atoms with van der Waals surface area (Å²) in [5.41, 5.74) is 3.80. The summed E-state index contributed by atoms with van der Waals surface area (Å²) in [7, 11) is 0. The fourth-order valence-corrected chi connectivity index (χ4v) is 2.71. The lowest BCUT2D eigenvalue weighted by Gasteiger charge is -2.03. The minimum atomic E-state index is -0.483. The normalized spacial score (nSPS) is 10.8. The highest BCUT2D eigenvalue weighted by Gasteiger charge is 2.11.